The fourth-order valence-electron chi connectivity index (χ4n) is 2.32. The molecule has 0 spiro atoms. The van der Waals surface area contributed by atoms with Gasteiger partial charge in [-0.2, -0.15) is 0 Å². The van der Waals surface area contributed by atoms with Gasteiger partial charge < -0.3 is 15.5 Å². The second kappa shape index (κ2) is 5.88. The molecule has 2 fully saturated rings. The lowest BCUT2D eigenvalue weighted by Gasteiger charge is -2.34. The molecule has 2 aliphatic heterocycles. The van der Waals surface area contributed by atoms with Crippen LogP contribution in [-0.2, 0) is 9.63 Å². The van der Waals surface area contributed by atoms with E-state index in [4.69, 9.17) is 4.84 Å². The van der Waals surface area contributed by atoms with Gasteiger partial charge in [-0.05, 0) is 20.0 Å². The smallest absolute Gasteiger partial charge is 0.318 e. The van der Waals surface area contributed by atoms with Crippen molar-refractivity contribution in [3.63, 3.8) is 0 Å². The van der Waals surface area contributed by atoms with Gasteiger partial charge in [0.25, 0.3) is 11.8 Å². The second-order valence-electron chi connectivity index (χ2n) is 4.91. The maximum absolute atomic E-state index is 13.7. The Balaban J connectivity index is 1.87. The summed E-state index contributed by atoms with van der Waals surface area (Å²) >= 11 is 0. The summed E-state index contributed by atoms with van der Waals surface area (Å²) in [6.45, 7) is 0.821. The van der Waals surface area contributed by atoms with Gasteiger partial charge in [0.1, 0.15) is 12.1 Å². The maximum Gasteiger partial charge on any atom is 0.318 e. The molecule has 114 valence electrons. The Morgan fingerprint density at radius 3 is 3.05 bits per heavy atom. The molecule has 0 aromatic heterocycles. The number of alkyl halides is 2. The van der Waals surface area contributed by atoms with Crippen LogP contribution in [0.4, 0.5) is 13.6 Å². The first-order chi connectivity index (χ1) is 9.45. The lowest BCUT2D eigenvalue weighted by atomic mass is 9.96. The number of hydroxylamine groups is 1. The molecule has 2 rings (SSSR count). The number of nitrogens with zero attached hydrogens (tertiary/aromatic N) is 1. The Morgan fingerprint density at radius 2 is 2.35 bits per heavy atom. The maximum atomic E-state index is 13.7. The van der Waals surface area contributed by atoms with Crippen LogP contribution in [0.15, 0.2) is 0 Å². The predicted molar refractivity (Wildman–Crippen MR) is 65.0 cm³/mol. The number of urea groups is 1. The highest BCUT2D eigenvalue weighted by Gasteiger charge is 2.56. The fourth-order valence-corrected chi connectivity index (χ4v) is 2.32. The molecule has 3 N–H and O–H groups in total. The van der Waals surface area contributed by atoms with E-state index in [2.05, 4.69) is 16.1 Å². The number of amides is 3. The molecule has 3 amide bonds. The topological polar surface area (TPSA) is 82.7 Å². The average molecular weight is 292 g/mol. The molecule has 2 atom stereocenters. The minimum Gasteiger partial charge on any atom is -0.327 e. The van der Waals surface area contributed by atoms with Gasteiger partial charge in [0, 0.05) is 13.0 Å². The predicted octanol–water partition coefficient (Wildman–Crippen LogP) is -0.555. The lowest BCUT2D eigenvalue weighted by Crippen LogP contribution is -2.56. The summed E-state index contributed by atoms with van der Waals surface area (Å²) in [4.78, 5) is 29.4. The monoisotopic (exact) mass is 292 g/mol. The third-order valence-corrected chi connectivity index (χ3v) is 3.44. The van der Waals surface area contributed by atoms with Crippen LogP contribution in [0.1, 0.15) is 12.8 Å². The number of fused-ring (bicyclic) bond motifs is 2. The van der Waals surface area contributed by atoms with E-state index in [1.807, 2.05) is 0 Å². The summed E-state index contributed by atoms with van der Waals surface area (Å²) in [5, 5.41) is 5.09. The van der Waals surface area contributed by atoms with Crippen molar-refractivity contribution in [1.82, 2.24) is 21.0 Å². The summed E-state index contributed by atoms with van der Waals surface area (Å²) in [5.74, 6) is -3.80. The van der Waals surface area contributed by atoms with Crippen LogP contribution >= 0.6 is 0 Å². The first-order valence-corrected chi connectivity index (χ1v) is 6.47. The molecule has 2 aliphatic rings. The van der Waals surface area contributed by atoms with Gasteiger partial charge in [-0.15, -0.1) is 0 Å². The molecule has 7 nitrogen and oxygen atoms in total. The number of halogens is 2. The van der Waals surface area contributed by atoms with Crippen LogP contribution in [0.3, 0.4) is 0 Å². The largest absolute Gasteiger partial charge is 0.327 e. The summed E-state index contributed by atoms with van der Waals surface area (Å²) < 4.78 is 27.4. The minimum atomic E-state index is -3.09. The van der Waals surface area contributed by atoms with E-state index < -0.39 is 36.4 Å². The first-order valence-electron chi connectivity index (χ1n) is 6.47. The Kier molecular flexibility index (Phi) is 4.39. The molecule has 0 aliphatic carbocycles. The summed E-state index contributed by atoms with van der Waals surface area (Å²) in [6, 6.07) is -3.05. The lowest BCUT2D eigenvalue weighted by molar-refractivity contribution is -0.145. The summed E-state index contributed by atoms with van der Waals surface area (Å²) in [7, 11) is 1.78. The highest BCUT2D eigenvalue weighted by Crippen LogP contribution is 2.35. The molecule has 0 saturated carbocycles. The summed E-state index contributed by atoms with van der Waals surface area (Å²) in [5.41, 5.74) is 2.13. The van der Waals surface area contributed by atoms with E-state index >= 15 is 0 Å². The van der Waals surface area contributed by atoms with Crippen LogP contribution in [0.25, 0.3) is 0 Å². The van der Waals surface area contributed by atoms with Gasteiger partial charge in [-0.1, -0.05) is 0 Å². The zero-order chi connectivity index (χ0) is 14.8. The molecule has 2 saturated heterocycles. The van der Waals surface area contributed by atoms with Gasteiger partial charge in [0.2, 0.25) is 0 Å². The zero-order valence-electron chi connectivity index (χ0n) is 11.1. The van der Waals surface area contributed by atoms with Crippen LogP contribution in [0.2, 0.25) is 0 Å². The molecular formula is C11H18F2N4O3. The number of hydrogen-bond acceptors (Lipinski definition) is 4. The van der Waals surface area contributed by atoms with Gasteiger partial charge in [-0.25, -0.2) is 19.1 Å². The van der Waals surface area contributed by atoms with Crippen LogP contribution in [0.5, 0.6) is 0 Å². The van der Waals surface area contributed by atoms with Crippen LogP contribution in [-0.4, -0.2) is 61.6 Å². The van der Waals surface area contributed by atoms with Crippen LogP contribution < -0.4 is 16.1 Å². The van der Waals surface area contributed by atoms with Gasteiger partial charge in [0.05, 0.1) is 6.61 Å². The number of carbonyl (C=O) groups excluding carboxylic acids is 2. The molecular weight excluding hydrogens is 274 g/mol. The van der Waals surface area contributed by atoms with Crippen molar-refractivity contribution in [1.29, 1.82) is 0 Å². The van der Waals surface area contributed by atoms with Gasteiger partial charge >= 0.3 is 6.03 Å². The molecule has 1 unspecified atom stereocenters. The van der Waals surface area contributed by atoms with E-state index in [0.29, 0.717) is 13.0 Å². The first kappa shape index (κ1) is 14.9. The van der Waals surface area contributed by atoms with Gasteiger partial charge in [0.15, 0.2) is 0 Å². The van der Waals surface area contributed by atoms with E-state index in [-0.39, 0.29) is 13.2 Å². The third-order valence-electron chi connectivity index (χ3n) is 3.44. The Bertz CT molecular complexity index is 394. The minimum absolute atomic E-state index is 0.163. The van der Waals surface area contributed by atoms with Crippen molar-refractivity contribution in [2.75, 3.05) is 26.7 Å². The normalized spacial score (nSPS) is 27.4. The fraction of sp³-hybridized carbons (Fsp3) is 0.818. The molecule has 0 aromatic carbocycles. The van der Waals surface area contributed by atoms with Crippen LogP contribution in [0, 0.1) is 0 Å². The third kappa shape index (κ3) is 2.98. The van der Waals surface area contributed by atoms with Crippen molar-refractivity contribution >= 4 is 11.9 Å². The molecule has 20 heavy (non-hydrogen) atoms. The van der Waals surface area contributed by atoms with Crippen molar-refractivity contribution in [3.05, 3.63) is 0 Å². The van der Waals surface area contributed by atoms with Crippen molar-refractivity contribution in [2.24, 2.45) is 0 Å². The Morgan fingerprint density at radius 1 is 1.60 bits per heavy atom. The average Bonchev–Trinajstić information content (AvgIpc) is 2.74. The van der Waals surface area contributed by atoms with E-state index in [1.165, 1.54) is 0 Å². The molecule has 2 heterocycles. The van der Waals surface area contributed by atoms with Gasteiger partial charge in [-0.3, -0.25) is 9.63 Å². The standard InChI is InChI=1S/C11H18F2N4O3/c1-14-3-2-4-20-16-9(18)7-5-11(12,13)8-6-17(7)10(19)15-8/h7-8,14H,2-6H2,1H3,(H,15,19)(H,16,18)/t7-,8?/m0/s1. The highest BCUT2D eigenvalue weighted by atomic mass is 19.3. The number of hydrogen-bond donors (Lipinski definition) is 3. The SMILES string of the molecule is CNCCCONC(=O)[C@@H]1CC(F)(F)C2CN1C(=O)N2. The molecule has 2 bridgehead atoms. The molecule has 0 aromatic rings. The van der Waals surface area contributed by atoms with Crippen molar-refractivity contribution in [2.45, 2.75) is 30.8 Å². The van der Waals surface area contributed by atoms with Crippen molar-refractivity contribution < 1.29 is 23.2 Å². The van der Waals surface area contributed by atoms with E-state index in [9.17, 15) is 18.4 Å². The van der Waals surface area contributed by atoms with E-state index in [0.717, 1.165) is 4.90 Å². The number of nitrogens with one attached hydrogen (secondary N) is 3. The quantitative estimate of drug-likeness (QED) is 0.453. The number of carbonyl (C=O) groups is 2. The highest BCUT2D eigenvalue weighted by molar-refractivity contribution is 5.88. The molecule has 9 heteroatoms. The second-order valence-corrected chi connectivity index (χ2v) is 4.91. The summed E-state index contributed by atoms with van der Waals surface area (Å²) in [6.07, 6.45) is -0.0218. The zero-order valence-corrected chi connectivity index (χ0v) is 11.1. The number of rotatable bonds is 6. The van der Waals surface area contributed by atoms with E-state index in [1.54, 1.807) is 7.05 Å². The Labute approximate surface area is 115 Å². The number of piperidine rings is 1. The van der Waals surface area contributed by atoms with Crippen molar-refractivity contribution in [3.8, 4) is 0 Å². The Hall–Kier alpha value is -1.48. The molecule has 0 radical (unpaired) electrons.